The molecule has 0 spiro atoms. The van der Waals surface area contributed by atoms with Gasteiger partial charge in [0.2, 0.25) is 0 Å². The maximum Gasteiger partial charge on any atom is 0.417 e. The van der Waals surface area contributed by atoms with Crippen LogP contribution in [-0.2, 0) is 10.9 Å². The number of nitrogens with one attached hydrogen (secondary N) is 1. The average Bonchev–Trinajstić information content (AvgIpc) is 3.23. The highest BCUT2D eigenvalue weighted by Gasteiger charge is 2.64. The Labute approximate surface area is 159 Å². The number of alkyl halides is 3. The fourth-order valence-electron chi connectivity index (χ4n) is 4.48. The van der Waals surface area contributed by atoms with E-state index in [0.29, 0.717) is 0 Å². The van der Waals surface area contributed by atoms with Crippen LogP contribution < -0.4 is 9.62 Å². The smallest absolute Gasteiger partial charge is 0.417 e. The van der Waals surface area contributed by atoms with Crippen molar-refractivity contribution in [2.75, 3.05) is 10.8 Å². The first-order valence-corrected chi connectivity index (χ1v) is 9.91. The maximum absolute atomic E-state index is 13.3. The van der Waals surface area contributed by atoms with Gasteiger partial charge < -0.3 is 15.2 Å². The van der Waals surface area contributed by atoms with Gasteiger partial charge in [-0.25, -0.2) is 4.79 Å². The van der Waals surface area contributed by atoms with E-state index in [1.807, 2.05) is 0 Å². The summed E-state index contributed by atoms with van der Waals surface area (Å²) in [6.07, 6.45) is -6.90. The lowest BCUT2D eigenvalue weighted by Gasteiger charge is -2.43. The SMILES string of the molecule is N#Cc1ccc(N2C[C@@H]3[C@@H]4O[C@@H](C[C@@H]4NC(=O)O)[C@@H]3S2(O)O)cc1C(F)(F)F. The molecule has 0 unspecified atom stereocenters. The highest BCUT2D eigenvalue weighted by molar-refractivity contribution is 8.26. The van der Waals surface area contributed by atoms with E-state index < -0.39 is 63.6 Å². The van der Waals surface area contributed by atoms with Gasteiger partial charge in [0.15, 0.2) is 0 Å². The number of benzene rings is 1. The molecule has 0 aliphatic carbocycles. The third kappa shape index (κ3) is 2.77. The minimum Gasteiger partial charge on any atom is -0.465 e. The largest absolute Gasteiger partial charge is 0.465 e. The van der Waals surface area contributed by atoms with Crippen molar-refractivity contribution in [3.8, 4) is 6.07 Å². The summed E-state index contributed by atoms with van der Waals surface area (Å²) >= 11 is 0. The normalized spacial score (nSPS) is 34.0. The predicted octanol–water partition coefficient (Wildman–Crippen LogP) is 2.85. The van der Waals surface area contributed by atoms with Gasteiger partial charge in [-0.3, -0.25) is 13.4 Å². The van der Waals surface area contributed by atoms with E-state index in [2.05, 4.69) is 5.32 Å². The number of anilines is 1. The van der Waals surface area contributed by atoms with Crippen molar-refractivity contribution in [1.29, 1.82) is 5.26 Å². The maximum atomic E-state index is 13.3. The second-order valence-corrected chi connectivity index (χ2v) is 9.13. The molecule has 3 fully saturated rings. The Hall–Kier alpha value is -2.20. The van der Waals surface area contributed by atoms with Gasteiger partial charge in [-0.1, -0.05) is 0 Å². The van der Waals surface area contributed by atoms with Crippen LogP contribution in [0.15, 0.2) is 18.2 Å². The zero-order valence-electron chi connectivity index (χ0n) is 14.1. The first-order chi connectivity index (χ1) is 13.0. The predicted molar refractivity (Wildman–Crippen MR) is 91.9 cm³/mol. The number of nitriles is 1. The number of carboxylic acid groups (broad SMARTS) is 1. The lowest BCUT2D eigenvalue weighted by molar-refractivity contribution is -0.137. The Kier molecular flexibility index (Phi) is 4.20. The number of hydrogen-bond donors (Lipinski definition) is 4. The molecule has 3 saturated heterocycles. The highest BCUT2D eigenvalue weighted by Crippen LogP contribution is 2.65. The van der Waals surface area contributed by atoms with Crippen LogP contribution in [0.5, 0.6) is 0 Å². The van der Waals surface area contributed by atoms with Gasteiger partial charge in [-0.05, 0) is 24.6 Å². The first-order valence-electron chi connectivity index (χ1n) is 8.35. The van der Waals surface area contributed by atoms with Crippen LogP contribution >= 0.6 is 10.8 Å². The lowest BCUT2D eigenvalue weighted by Crippen LogP contribution is -2.48. The number of ether oxygens (including phenoxy) is 1. The standard InChI is InChI=1S/C16H16F3N3O5S/c17-16(18,19)10-3-8(2-1-7(10)5-20)22-6-9-13-11(21-15(23)24)4-12(27-13)14(9)28(22,25)26/h1-3,9,11-14,21,25-26H,4,6H2,(H,23,24)/t9-,11+,12+,13+,14-/m1/s1. The van der Waals surface area contributed by atoms with E-state index in [1.165, 1.54) is 12.1 Å². The van der Waals surface area contributed by atoms with Gasteiger partial charge in [0, 0.05) is 12.5 Å². The summed E-state index contributed by atoms with van der Waals surface area (Å²) in [7, 11) is -3.50. The summed E-state index contributed by atoms with van der Waals surface area (Å²) < 4.78 is 68.2. The van der Waals surface area contributed by atoms with Crippen LogP contribution in [0.3, 0.4) is 0 Å². The van der Waals surface area contributed by atoms with Crippen molar-refractivity contribution in [3.63, 3.8) is 0 Å². The summed E-state index contributed by atoms with van der Waals surface area (Å²) in [4.78, 5) is 10.9. The topological polar surface area (TPSA) is 126 Å². The Morgan fingerprint density at radius 2 is 2.11 bits per heavy atom. The number of fused-ring (bicyclic) bond motifs is 5. The Bertz CT molecular complexity index is 874. The minimum atomic E-state index is -4.77. The van der Waals surface area contributed by atoms with Crippen molar-refractivity contribution >= 4 is 22.6 Å². The average molecular weight is 419 g/mol. The lowest BCUT2D eigenvalue weighted by atomic mass is 9.85. The summed E-state index contributed by atoms with van der Waals surface area (Å²) in [5.41, 5.74) is -1.76. The second-order valence-electron chi connectivity index (χ2n) is 7.02. The number of rotatable bonds is 2. The second kappa shape index (κ2) is 6.15. The number of halogens is 3. The first kappa shape index (κ1) is 19.1. The zero-order chi connectivity index (χ0) is 20.4. The molecule has 0 aromatic heterocycles. The summed E-state index contributed by atoms with van der Waals surface area (Å²) in [6.45, 7) is 0.00909. The van der Waals surface area contributed by atoms with Crippen LogP contribution in [0.1, 0.15) is 17.5 Å². The number of hydrogen-bond acceptors (Lipinski definition) is 6. The third-order valence-corrected chi connectivity index (χ3v) is 7.91. The monoisotopic (exact) mass is 419 g/mol. The van der Waals surface area contributed by atoms with E-state index in [4.69, 9.17) is 15.1 Å². The van der Waals surface area contributed by atoms with Crippen molar-refractivity contribution in [1.82, 2.24) is 5.32 Å². The van der Waals surface area contributed by atoms with Gasteiger partial charge in [0.05, 0.1) is 41.1 Å². The van der Waals surface area contributed by atoms with Crippen molar-refractivity contribution in [2.45, 2.75) is 36.1 Å². The number of nitrogens with zero attached hydrogens (tertiary/aromatic N) is 2. The molecule has 1 aromatic rings. The van der Waals surface area contributed by atoms with Gasteiger partial charge in [-0.2, -0.15) is 18.4 Å². The summed E-state index contributed by atoms with van der Waals surface area (Å²) in [5, 5.41) is 19.5. The summed E-state index contributed by atoms with van der Waals surface area (Å²) in [5.74, 6) is -0.439. The molecule has 3 heterocycles. The fraction of sp³-hybridized carbons (Fsp3) is 0.500. The molecule has 2 bridgehead atoms. The molecule has 3 aliphatic rings. The zero-order valence-corrected chi connectivity index (χ0v) is 14.9. The molecular weight excluding hydrogens is 403 g/mol. The molecule has 0 radical (unpaired) electrons. The molecule has 1 aromatic carbocycles. The molecule has 152 valence electrons. The molecule has 8 nitrogen and oxygen atoms in total. The van der Waals surface area contributed by atoms with E-state index in [0.717, 1.165) is 16.4 Å². The fourth-order valence-corrected chi connectivity index (χ4v) is 6.89. The van der Waals surface area contributed by atoms with E-state index in [9.17, 15) is 27.1 Å². The van der Waals surface area contributed by atoms with E-state index in [-0.39, 0.29) is 18.7 Å². The van der Waals surface area contributed by atoms with E-state index in [1.54, 1.807) is 0 Å². The molecule has 1 amide bonds. The Morgan fingerprint density at radius 3 is 2.71 bits per heavy atom. The van der Waals surface area contributed by atoms with Crippen LogP contribution in [-0.4, -0.2) is 50.3 Å². The molecule has 12 heteroatoms. The van der Waals surface area contributed by atoms with Crippen LogP contribution in [0.4, 0.5) is 23.7 Å². The number of amides is 1. The van der Waals surface area contributed by atoms with Crippen LogP contribution in [0, 0.1) is 17.2 Å². The Balaban J connectivity index is 1.67. The minimum absolute atomic E-state index is 0.00909. The van der Waals surface area contributed by atoms with E-state index >= 15 is 0 Å². The molecule has 28 heavy (non-hydrogen) atoms. The highest BCUT2D eigenvalue weighted by atomic mass is 32.3. The Morgan fingerprint density at radius 1 is 1.39 bits per heavy atom. The van der Waals surface area contributed by atoms with Crippen molar-refractivity contribution in [3.05, 3.63) is 29.3 Å². The van der Waals surface area contributed by atoms with Gasteiger partial charge >= 0.3 is 12.3 Å². The van der Waals surface area contributed by atoms with Gasteiger partial charge in [0.1, 0.15) is 5.25 Å². The van der Waals surface area contributed by atoms with Crippen molar-refractivity contribution < 1.29 is 36.9 Å². The van der Waals surface area contributed by atoms with Crippen LogP contribution in [0.25, 0.3) is 0 Å². The van der Waals surface area contributed by atoms with Crippen LogP contribution in [0.2, 0.25) is 0 Å². The third-order valence-electron chi connectivity index (χ3n) is 5.52. The quantitative estimate of drug-likeness (QED) is 0.581. The molecule has 5 atom stereocenters. The number of carbonyl (C=O) groups is 1. The molecule has 0 saturated carbocycles. The van der Waals surface area contributed by atoms with Crippen molar-refractivity contribution in [2.24, 2.45) is 5.92 Å². The van der Waals surface area contributed by atoms with Gasteiger partial charge in [0.25, 0.3) is 0 Å². The van der Waals surface area contributed by atoms with Gasteiger partial charge in [-0.15, -0.1) is 10.8 Å². The molecule has 3 aliphatic heterocycles. The molecular formula is C16H16F3N3O5S. The molecule has 4 N–H and O–H groups in total. The summed E-state index contributed by atoms with van der Waals surface area (Å²) in [6, 6.07) is 3.97. The molecule has 4 rings (SSSR count).